The fraction of sp³-hybridized carbons (Fsp3) is 0.300. The van der Waals surface area contributed by atoms with E-state index in [9.17, 15) is 0 Å². The van der Waals surface area contributed by atoms with Crippen LogP contribution in [0, 0.1) is 11.3 Å². The smallest absolute Gasteiger partial charge is 0.119 e. The quantitative estimate of drug-likeness (QED) is 0.708. The standard InChI is InChI=1S/C10H12N2O/c11-6-10(8-13)12-7-9-4-2-1-3-5-9/h1-5,10,12-13H,7-8H2. The number of aliphatic hydroxyl groups is 1. The minimum Gasteiger partial charge on any atom is -0.394 e. The van der Waals surface area contributed by atoms with Crippen LogP contribution in [0.2, 0.25) is 0 Å². The average molecular weight is 176 g/mol. The van der Waals surface area contributed by atoms with E-state index in [2.05, 4.69) is 5.32 Å². The Morgan fingerprint density at radius 1 is 1.38 bits per heavy atom. The van der Waals surface area contributed by atoms with Gasteiger partial charge in [0.25, 0.3) is 0 Å². The number of nitrogens with one attached hydrogen (secondary N) is 1. The lowest BCUT2D eigenvalue weighted by atomic mass is 10.2. The highest BCUT2D eigenvalue weighted by atomic mass is 16.3. The highest BCUT2D eigenvalue weighted by molar-refractivity contribution is 5.14. The van der Waals surface area contributed by atoms with Crippen molar-refractivity contribution in [1.82, 2.24) is 5.32 Å². The molecule has 0 bridgehead atoms. The predicted octanol–water partition coefficient (Wildman–Crippen LogP) is 0.661. The predicted molar refractivity (Wildman–Crippen MR) is 49.8 cm³/mol. The summed E-state index contributed by atoms with van der Waals surface area (Å²) in [6, 6.07) is 11.3. The Labute approximate surface area is 77.6 Å². The summed E-state index contributed by atoms with van der Waals surface area (Å²) in [6.45, 7) is 0.461. The topological polar surface area (TPSA) is 56.0 Å². The molecule has 0 saturated carbocycles. The van der Waals surface area contributed by atoms with Crippen molar-refractivity contribution < 1.29 is 5.11 Å². The maximum atomic E-state index is 8.72. The zero-order chi connectivity index (χ0) is 9.52. The van der Waals surface area contributed by atoms with E-state index in [0.717, 1.165) is 5.56 Å². The third-order valence-corrected chi connectivity index (χ3v) is 1.73. The van der Waals surface area contributed by atoms with E-state index in [0.29, 0.717) is 6.54 Å². The molecule has 0 heterocycles. The molecule has 0 aliphatic carbocycles. The summed E-state index contributed by atoms with van der Waals surface area (Å²) in [5.74, 6) is 0. The Kier molecular flexibility index (Phi) is 3.97. The van der Waals surface area contributed by atoms with Crippen molar-refractivity contribution in [1.29, 1.82) is 5.26 Å². The summed E-state index contributed by atoms with van der Waals surface area (Å²) in [5.41, 5.74) is 1.11. The van der Waals surface area contributed by atoms with Gasteiger partial charge in [-0.15, -0.1) is 0 Å². The molecular formula is C10H12N2O. The lowest BCUT2D eigenvalue weighted by Crippen LogP contribution is -2.30. The zero-order valence-corrected chi connectivity index (χ0v) is 7.27. The summed E-state index contributed by atoms with van der Waals surface area (Å²) in [7, 11) is 0. The van der Waals surface area contributed by atoms with Crippen molar-refractivity contribution >= 4 is 0 Å². The Balaban J connectivity index is 2.40. The molecule has 1 aromatic carbocycles. The molecule has 1 aromatic rings. The van der Waals surface area contributed by atoms with Crippen LogP contribution in [0.3, 0.4) is 0 Å². The number of nitriles is 1. The Hall–Kier alpha value is -1.37. The molecule has 1 unspecified atom stereocenters. The van der Waals surface area contributed by atoms with Crippen LogP contribution in [0.1, 0.15) is 5.56 Å². The average Bonchev–Trinajstić information content (AvgIpc) is 2.21. The van der Waals surface area contributed by atoms with E-state index >= 15 is 0 Å². The van der Waals surface area contributed by atoms with Crippen LogP contribution in [-0.4, -0.2) is 17.8 Å². The van der Waals surface area contributed by atoms with Crippen molar-refractivity contribution in [3.8, 4) is 6.07 Å². The van der Waals surface area contributed by atoms with Crippen molar-refractivity contribution in [2.45, 2.75) is 12.6 Å². The molecule has 2 N–H and O–H groups in total. The van der Waals surface area contributed by atoms with Crippen LogP contribution >= 0.6 is 0 Å². The summed E-state index contributed by atoms with van der Waals surface area (Å²) in [5, 5.41) is 20.2. The lowest BCUT2D eigenvalue weighted by Gasteiger charge is -2.07. The van der Waals surface area contributed by atoms with Crippen LogP contribution in [-0.2, 0) is 6.54 Å². The van der Waals surface area contributed by atoms with E-state index in [1.165, 1.54) is 0 Å². The minimum absolute atomic E-state index is 0.149. The van der Waals surface area contributed by atoms with Crippen molar-refractivity contribution in [2.75, 3.05) is 6.61 Å². The SMILES string of the molecule is N#CC(CO)NCc1ccccc1. The van der Waals surface area contributed by atoms with E-state index in [1.807, 2.05) is 36.4 Å². The van der Waals surface area contributed by atoms with Crippen LogP contribution < -0.4 is 5.32 Å². The fourth-order valence-corrected chi connectivity index (χ4v) is 0.988. The van der Waals surface area contributed by atoms with Crippen LogP contribution in [0.5, 0.6) is 0 Å². The molecule has 13 heavy (non-hydrogen) atoms. The van der Waals surface area contributed by atoms with Crippen LogP contribution in [0.15, 0.2) is 30.3 Å². The molecule has 0 spiro atoms. The van der Waals surface area contributed by atoms with Gasteiger partial charge in [0, 0.05) is 6.54 Å². The number of hydrogen-bond acceptors (Lipinski definition) is 3. The minimum atomic E-state index is -0.472. The summed E-state index contributed by atoms with van der Waals surface area (Å²) in [4.78, 5) is 0. The van der Waals surface area contributed by atoms with Gasteiger partial charge in [0.05, 0.1) is 12.7 Å². The van der Waals surface area contributed by atoms with Crippen molar-refractivity contribution in [3.05, 3.63) is 35.9 Å². The van der Waals surface area contributed by atoms with Gasteiger partial charge in [0.1, 0.15) is 6.04 Å². The summed E-state index contributed by atoms with van der Waals surface area (Å²) < 4.78 is 0. The largest absolute Gasteiger partial charge is 0.394 e. The Morgan fingerprint density at radius 3 is 2.62 bits per heavy atom. The van der Waals surface area contributed by atoms with Gasteiger partial charge in [-0.3, -0.25) is 5.32 Å². The first-order chi connectivity index (χ1) is 6.36. The van der Waals surface area contributed by atoms with Gasteiger partial charge >= 0.3 is 0 Å². The Bertz CT molecular complexity index is 279. The van der Waals surface area contributed by atoms with Crippen molar-refractivity contribution in [2.24, 2.45) is 0 Å². The van der Waals surface area contributed by atoms with Gasteiger partial charge in [-0.2, -0.15) is 5.26 Å². The first-order valence-corrected chi connectivity index (χ1v) is 4.14. The molecule has 3 heteroatoms. The highest BCUT2D eigenvalue weighted by Gasteiger charge is 2.02. The third-order valence-electron chi connectivity index (χ3n) is 1.73. The molecule has 0 saturated heterocycles. The van der Waals surface area contributed by atoms with Crippen LogP contribution in [0.4, 0.5) is 0 Å². The van der Waals surface area contributed by atoms with E-state index in [1.54, 1.807) is 0 Å². The molecule has 0 aromatic heterocycles. The van der Waals surface area contributed by atoms with Gasteiger partial charge in [0.2, 0.25) is 0 Å². The summed E-state index contributed by atoms with van der Waals surface area (Å²) in [6.07, 6.45) is 0. The molecule has 0 radical (unpaired) electrons. The monoisotopic (exact) mass is 176 g/mol. The first kappa shape index (κ1) is 9.72. The molecule has 1 atom stereocenters. The van der Waals surface area contributed by atoms with Crippen LogP contribution in [0.25, 0.3) is 0 Å². The molecule has 68 valence electrons. The highest BCUT2D eigenvalue weighted by Crippen LogP contribution is 1.97. The molecule has 0 aliphatic rings. The van der Waals surface area contributed by atoms with E-state index in [4.69, 9.17) is 10.4 Å². The molecular weight excluding hydrogens is 164 g/mol. The van der Waals surface area contributed by atoms with E-state index < -0.39 is 6.04 Å². The lowest BCUT2D eigenvalue weighted by molar-refractivity contribution is 0.266. The molecule has 0 aliphatic heterocycles. The number of benzene rings is 1. The second kappa shape index (κ2) is 5.31. The van der Waals surface area contributed by atoms with E-state index in [-0.39, 0.29) is 6.61 Å². The van der Waals surface area contributed by atoms with Gasteiger partial charge in [-0.1, -0.05) is 30.3 Å². The van der Waals surface area contributed by atoms with Gasteiger partial charge < -0.3 is 5.11 Å². The first-order valence-electron chi connectivity index (χ1n) is 4.14. The molecule has 0 amide bonds. The van der Waals surface area contributed by atoms with Gasteiger partial charge in [-0.25, -0.2) is 0 Å². The van der Waals surface area contributed by atoms with Gasteiger partial charge in [-0.05, 0) is 5.56 Å². The molecule has 3 nitrogen and oxygen atoms in total. The second-order valence-corrected chi connectivity index (χ2v) is 2.73. The number of aliphatic hydroxyl groups excluding tert-OH is 1. The normalized spacial score (nSPS) is 12.0. The van der Waals surface area contributed by atoms with Crippen molar-refractivity contribution in [3.63, 3.8) is 0 Å². The molecule has 0 fully saturated rings. The Morgan fingerprint density at radius 2 is 2.08 bits per heavy atom. The number of nitrogens with zero attached hydrogens (tertiary/aromatic N) is 1. The fourth-order valence-electron chi connectivity index (χ4n) is 0.988. The summed E-state index contributed by atoms with van der Waals surface area (Å²) >= 11 is 0. The second-order valence-electron chi connectivity index (χ2n) is 2.73. The maximum Gasteiger partial charge on any atom is 0.119 e. The number of rotatable bonds is 4. The number of hydrogen-bond donors (Lipinski definition) is 2. The molecule has 1 rings (SSSR count). The van der Waals surface area contributed by atoms with Gasteiger partial charge in [0.15, 0.2) is 0 Å². The maximum absolute atomic E-state index is 8.72. The zero-order valence-electron chi connectivity index (χ0n) is 7.27. The third kappa shape index (κ3) is 3.24.